The van der Waals surface area contributed by atoms with Crippen LogP contribution in [-0.4, -0.2) is 24.9 Å². The van der Waals surface area contributed by atoms with E-state index in [-0.39, 0.29) is 11.4 Å². The Morgan fingerprint density at radius 2 is 1.90 bits per heavy atom. The van der Waals surface area contributed by atoms with Gasteiger partial charge in [0.2, 0.25) is 11.3 Å². The predicted octanol–water partition coefficient (Wildman–Crippen LogP) is 3.46. The zero-order valence-corrected chi connectivity index (χ0v) is 16.6. The van der Waals surface area contributed by atoms with Gasteiger partial charge in [-0.05, 0) is 47.9 Å². The Morgan fingerprint density at radius 1 is 1.10 bits per heavy atom. The summed E-state index contributed by atoms with van der Waals surface area (Å²) in [5.41, 5.74) is 3.01. The normalized spacial score (nSPS) is 12.2. The Bertz CT molecular complexity index is 1290. The SMILES string of the molecule is O=c1c2ccncc2c(-c2cccc(CCNS(=O)O)c2)cn1-c1ccc(F)cc1. The maximum Gasteiger partial charge on any atom is 0.263 e. The average Bonchev–Trinajstić information content (AvgIpc) is 2.75. The molecular formula is C22H18FN3O3S. The van der Waals surface area contributed by atoms with Crippen molar-refractivity contribution in [3.05, 3.63) is 94.9 Å². The van der Waals surface area contributed by atoms with Gasteiger partial charge in [0.25, 0.3) is 5.56 Å². The second kappa shape index (κ2) is 8.66. The van der Waals surface area contributed by atoms with Gasteiger partial charge in [0.1, 0.15) is 5.82 Å². The molecular weight excluding hydrogens is 405 g/mol. The Balaban J connectivity index is 1.85. The molecule has 0 aliphatic heterocycles. The molecule has 0 saturated carbocycles. The molecule has 2 aromatic carbocycles. The highest BCUT2D eigenvalue weighted by Gasteiger charge is 2.12. The fourth-order valence-corrected chi connectivity index (χ4v) is 3.66. The van der Waals surface area contributed by atoms with Crippen molar-refractivity contribution in [1.82, 2.24) is 14.3 Å². The summed E-state index contributed by atoms with van der Waals surface area (Å²) in [5, 5.41) is 1.22. The molecule has 8 heteroatoms. The third-order valence-electron chi connectivity index (χ3n) is 4.80. The van der Waals surface area contributed by atoms with Crippen LogP contribution in [-0.2, 0) is 17.7 Å². The van der Waals surface area contributed by atoms with E-state index in [4.69, 9.17) is 4.55 Å². The molecule has 2 heterocycles. The van der Waals surface area contributed by atoms with E-state index in [1.165, 1.54) is 16.7 Å². The first-order chi connectivity index (χ1) is 14.5. The van der Waals surface area contributed by atoms with Gasteiger partial charge < -0.3 is 0 Å². The summed E-state index contributed by atoms with van der Waals surface area (Å²) >= 11 is -2.05. The molecule has 152 valence electrons. The number of benzene rings is 2. The van der Waals surface area contributed by atoms with Crippen LogP contribution in [0.1, 0.15) is 5.56 Å². The number of hydrogen-bond donors (Lipinski definition) is 2. The van der Waals surface area contributed by atoms with Gasteiger partial charge >= 0.3 is 0 Å². The molecule has 0 fully saturated rings. The summed E-state index contributed by atoms with van der Waals surface area (Å²) in [6, 6.07) is 15.2. The van der Waals surface area contributed by atoms with Crippen LogP contribution < -0.4 is 10.3 Å². The topological polar surface area (TPSA) is 84.2 Å². The van der Waals surface area contributed by atoms with Crippen molar-refractivity contribution in [3.63, 3.8) is 0 Å². The number of rotatable bonds is 6. The van der Waals surface area contributed by atoms with Crippen molar-refractivity contribution in [1.29, 1.82) is 0 Å². The molecule has 0 amide bonds. The zero-order chi connectivity index (χ0) is 21.1. The Morgan fingerprint density at radius 3 is 2.67 bits per heavy atom. The molecule has 0 aliphatic carbocycles. The van der Waals surface area contributed by atoms with E-state index in [0.717, 1.165) is 16.7 Å². The zero-order valence-electron chi connectivity index (χ0n) is 15.8. The quantitative estimate of drug-likeness (QED) is 0.465. The smallest absolute Gasteiger partial charge is 0.263 e. The Hall–Kier alpha value is -3.20. The fourth-order valence-electron chi connectivity index (χ4n) is 3.38. The summed E-state index contributed by atoms with van der Waals surface area (Å²) in [4.78, 5) is 17.2. The first-order valence-electron chi connectivity index (χ1n) is 9.22. The number of hydrogen-bond acceptors (Lipinski definition) is 3. The molecule has 2 N–H and O–H groups in total. The summed E-state index contributed by atoms with van der Waals surface area (Å²) in [6.07, 6.45) is 5.53. The van der Waals surface area contributed by atoms with Crippen molar-refractivity contribution in [2.75, 3.05) is 6.54 Å². The molecule has 4 rings (SSSR count). The van der Waals surface area contributed by atoms with E-state index < -0.39 is 11.3 Å². The Kier molecular flexibility index (Phi) is 5.80. The Labute approximate surface area is 174 Å². The van der Waals surface area contributed by atoms with E-state index in [0.29, 0.717) is 29.4 Å². The number of pyridine rings is 2. The highest BCUT2D eigenvalue weighted by atomic mass is 32.2. The summed E-state index contributed by atoms with van der Waals surface area (Å²) in [5.74, 6) is -0.373. The number of halogens is 1. The average molecular weight is 423 g/mol. The molecule has 2 aromatic heterocycles. The highest BCUT2D eigenvalue weighted by molar-refractivity contribution is 7.77. The van der Waals surface area contributed by atoms with Crippen LogP contribution in [0, 0.1) is 5.82 Å². The van der Waals surface area contributed by atoms with E-state index in [1.807, 2.05) is 24.3 Å². The van der Waals surface area contributed by atoms with Gasteiger partial charge in [-0.1, -0.05) is 24.3 Å². The predicted molar refractivity (Wildman–Crippen MR) is 115 cm³/mol. The van der Waals surface area contributed by atoms with Crippen LogP contribution in [0.25, 0.3) is 27.6 Å². The molecule has 0 spiro atoms. The number of nitrogens with one attached hydrogen (secondary N) is 1. The standard InChI is InChI=1S/C22H18FN3O3S/c23-17-4-6-18(7-5-17)26-14-21(20-13-24-10-9-19(20)22(26)27)16-3-1-2-15(12-16)8-11-25-30(28)29/h1-7,9-10,12-14,25H,8,11H2,(H,28,29). The lowest BCUT2D eigenvalue weighted by Gasteiger charge is -2.13. The van der Waals surface area contributed by atoms with Crippen LogP contribution in [0.3, 0.4) is 0 Å². The molecule has 4 aromatic rings. The van der Waals surface area contributed by atoms with Gasteiger partial charge in [0, 0.05) is 41.8 Å². The van der Waals surface area contributed by atoms with Gasteiger partial charge in [0.05, 0.1) is 5.39 Å². The van der Waals surface area contributed by atoms with Crippen molar-refractivity contribution >= 4 is 22.0 Å². The maximum atomic E-state index is 13.4. The van der Waals surface area contributed by atoms with E-state index in [9.17, 15) is 13.4 Å². The number of nitrogens with zero attached hydrogens (tertiary/aromatic N) is 2. The van der Waals surface area contributed by atoms with Gasteiger partial charge in [0.15, 0.2) is 0 Å². The van der Waals surface area contributed by atoms with Gasteiger partial charge in [-0.15, -0.1) is 0 Å². The van der Waals surface area contributed by atoms with Crippen LogP contribution >= 0.6 is 0 Å². The summed E-state index contributed by atoms with van der Waals surface area (Å²) < 4.78 is 37.0. The molecule has 0 bridgehead atoms. The third-order valence-corrected chi connectivity index (χ3v) is 5.25. The first-order valence-corrected chi connectivity index (χ1v) is 10.3. The van der Waals surface area contributed by atoms with Crippen molar-refractivity contribution < 1.29 is 13.2 Å². The fraction of sp³-hybridized carbons (Fsp3) is 0.0909. The molecule has 0 aliphatic rings. The monoisotopic (exact) mass is 423 g/mol. The minimum absolute atomic E-state index is 0.214. The number of fused-ring (bicyclic) bond motifs is 1. The molecule has 0 saturated heterocycles. The molecule has 1 unspecified atom stereocenters. The van der Waals surface area contributed by atoms with Crippen LogP contribution in [0.4, 0.5) is 4.39 Å². The van der Waals surface area contributed by atoms with Crippen LogP contribution in [0.2, 0.25) is 0 Å². The lowest BCUT2D eigenvalue weighted by atomic mass is 9.99. The van der Waals surface area contributed by atoms with Crippen LogP contribution in [0.5, 0.6) is 0 Å². The van der Waals surface area contributed by atoms with E-state index in [1.54, 1.807) is 36.8 Å². The largest absolute Gasteiger partial charge is 0.294 e. The molecule has 30 heavy (non-hydrogen) atoms. The van der Waals surface area contributed by atoms with Crippen LogP contribution in [0.15, 0.2) is 78.0 Å². The highest BCUT2D eigenvalue weighted by Crippen LogP contribution is 2.28. The number of aromatic nitrogens is 2. The van der Waals surface area contributed by atoms with Crippen molar-refractivity contribution in [3.8, 4) is 16.8 Å². The summed E-state index contributed by atoms with van der Waals surface area (Å²) in [7, 11) is 0. The molecule has 0 radical (unpaired) electrons. The third kappa shape index (κ3) is 4.20. The minimum atomic E-state index is -2.05. The van der Waals surface area contributed by atoms with Crippen molar-refractivity contribution in [2.24, 2.45) is 0 Å². The molecule has 6 nitrogen and oxygen atoms in total. The first kappa shape index (κ1) is 20.1. The van der Waals surface area contributed by atoms with Crippen molar-refractivity contribution in [2.45, 2.75) is 6.42 Å². The second-order valence-corrected chi connectivity index (χ2v) is 7.50. The van der Waals surface area contributed by atoms with Gasteiger partial charge in [-0.25, -0.2) is 13.3 Å². The molecule has 1 atom stereocenters. The van der Waals surface area contributed by atoms with E-state index >= 15 is 0 Å². The van der Waals surface area contributed by atoms with Gasteiger partial charge in [-0.2, -0.15) is 0 Å². The van der Waals surface area contributed by atoms with Gasteiger partial charge in [-0.3, -0.25) is 18.9 Å². The minimum Gasteiger partial charge on any atom is -0.294 e. The van der Waals surface area contributed by atoms with E-state index in [2.05, 4.69) is 9.71 Å². The summed E-state index contributed by atoms with van der Waals surface area (Å²) in [6.45, 7) is 0.351. The lowest BCUT2D eigenvalue weighted by molar-refractivity contribution is 0.549. The second-order valence-electron chi connectivity index (χ2n) is 6.71. The maximum absolute atomic E-state index is 13.4. The lowest BCUT2D eigenvalue weighted by Crippen LogP contribution is -2.19.